The number of nitrogens with zero attached hydrogens (tertiary/aromatic N) is 5. The third kappa shape index (κ3) is 7.54. The Bertz CT molecular complexity index is 1750. The van der Waals surface area contributed by atoms with E-state index in [9.17, 15) is 9.18 Å². The van der Waals surface area contributed by atoms with Crippen LogP contribution in [0, 0.1) is 5.82 Å². The van der Waals surface area contributed by atoms with Gasteiger partial charge in [-0.25, -0.2) is 14.2 Å². The zero-order chi connectivity index (χ0) is 31.4. The molecule has 9 heteroatoms. The normalized spacial score (nSPS) is 14.8. The summed E-state index contributed by atoms with van der Waals surface area (Å²) in [5.74, 6) is 0.391. The van der Waals surface area contributed by atoms with Crippen LogP contribution in [0.1, 0.15) is 73.6 Å². The van der Waals surface area contributed by atoms with Gasteiger partial charge >= 0.3 is 6.09 Å². The number of benzene rings is 2. The average Bonchev–Trinajstić information content (AvgIpc) is 3.45. The lowest BCUT2D eigenvalue weighted by atomic mass is 9.90. The zero-order valence-electron chi connectivity index (χ0n) is 26.0. The summed E-state index contributed by atoms with van der Waals surface area (Å²) in [7, 11) is 0. The van der Waals surface area contributed by atoms with Gasteiger partial charge in [-0.05, 0) is 87.1 Å². The van der Waals surface area contributed by atoms with Gasteiger partial charge in [0.15, 0.2) is 5.82 Å². The van der Waals surface area contributed by atoms with Crippen molar-refractivity contribution in [2.75, 3.05) is 0 Å². The predicted molar refractivity (Wildman–Crippen MR) is 171 cm³/mol. The minimum atomic E-state index is -0.606. The number of pyridine rings is 2. The quantitative estimate of drug-likeness (QED) is 0.187. The number of fused-ring (bicyclic) bond motifs is 2. The molecule has 0 fully saturated rings. The molecular formula is C36H39FN6O2. The summed E-state index contributed by atoms with van der Waals surface area (Å²) < 4.78 is 20.2. The van der Waals surface area contributed by atoms with Gasteiger partial charge in [0.2, 0.25) is 0 Å². The van der Waals surface area contributed by atoms with Crippen molar-refractivity contribution in [1.82, 2.24) is 29.7 Å². The van der Waals surface area contributed by atoms with Gasteiger partial charge in [0.25, 0.3) is 0 Å². The van der Waals surface area contributed by atoms with Gasteiger partial charge in [-0.15, -0.1) is 0 Å². The number of hydrogen-bond donors (Lipinski definition) is 1. The molecule has 1 aliphatic rings. The summed E-state index contributed by atoms with van der Waals surface area (Å²) >= 11 is 0. The minimum absolute atomic E-state index is 0.105. The van der Waals surface area contributed by atoms with Crippen molar-refractivity contribution in [3.63, 3.8) is 0 Å². The van der Waals surface area contributed by atoms with Crippen LogP contribution in [-0.4, -0.2) is 41.4 Å². The van der Waals surface area contributed by atoms with Crippen molar-refractivity contribution in [3.8, 4) is 0 Å². The Morgan fingerprint density at radius 3 is 2.42 bits per heavy atom. The Morgan fingerprint density at radius 1 is 0.911 bits per heavy atom. The molecule has 0 saturated heterocycles. The van der Waals surface area contributed by atoms with Gasteiger partial charge in [-0.2, -0.15) is 0 Å². The highest BCUT2D eigenvalue weighted by molar-refractivity contribution is 5.75. The summed E-state index contributed by atoms with van der Waals surface area (Å²) in [5.41, 5.74) is 5.73. The molecule has 5 aromatic rings. The maximum Gasteiger partial charge on any atom is 0.410 e. The van der Waals surface area contributed by atoms with E-state index in [1.807, 2.05) is 57.3 Å². The van der Waals surface area contributed by atoms with Gasteiger partial charge in [0.1, 0.15) is 16.9 Å². The molecule has 0 radical (unpaired) electrons. The van der Waals surface area contributed by atoms with E-state index < -0.39 is 5.60 Å². The highest BCUT2D eigenvalue weighted by atomic mass is 19.1. The number of carbonyl (C=O) groups is 1. The lowest BCUT2D eigenvalue weighted by Gasteiger charge is -2.34. The molecule has 0 bridgehead atoms. The maximum atomic E-state index is 14.5. The second-order valence-corrected chi connectivity index (χ2v) is 12.7. The maximum absolute atomic E-state index is 14.5. The molecule has 3 heterocycles. The van der Waals surface area contributed by atoms with Crippen molar-refractivity contribution < 1.29 is 13.9 Å². The number of amides is 1. The van der Waals surface area contributed by atoms with Gasteiger partial charge in [0, 0.05) is 25.5 Å². The number of aryl methyl sites for hydroxylation is 1. The average molecular weight is 607 g/mol. The lowest BCUT2D eigenvalue weighted by Crippen LogP contribution is -2.36. The van der Waals surface area contributed by atoms with Gasteiger partial charge in [0.05, 0.1) is 36.0 Å². The molecule has 1 amide bonds. The summed E-state index contributed by atoms with van der Waals surface area (Å²) in [4.78, 5) is 34.4. The first-order chi connectivity index (χ1) is 21.7. The van der Waals surface area contributed by atoms with Crippen molar-refractivity contribution in [1.29, 1.82) is 0 Å². The number of aromatic nitrogens is 4. The number of rotatable bonds is 9. The Hall–Kier alpha value is -4.63. The standard InChI is InChI=1S/C36H39FN6O2/c1-36(2,3)45-35(44)43(23-28-11-4-5-19-38-28)22-26-17-15-25(16-18-26)21-42(31-14-6-9-27-10-8-20-39-33(27)31)24-32-40-30-13-7-12-29(37)34(30)41-32/h4-5,7-8,10-13,15-20,31H,6,9,14,21-24H2,1-3H3,(H,40,41). The largest absolute Gasteiger partial charge is 0.444 e. The molecule has 1 unspecified atom stereocenters. The fourth-order valence-corrected chi connectivity index (χ4v) is 5.94. The third-order valence-corrected chi connectivity index (χ3v) is 7.98. The van der Waals surface area contributed by atoms with Crippen molar-refractivity contribution in [2.24, 2.45) is 0 Å². The van der Waals surface area contributed by atoms with Crippen LogP contribution in [0.15, 0.2) is 85.2 Å². The summed E-state index contributed by atoms with van der Waals surface area (Å²) in [5, 5.41) is 0. The molecular weight excluding hydrogens is 567 g/mol. The molecule has 8 nitrogen and oxygen atoms in total. The number of H-pyrrole nitrogens is 1. The number of ether oxygens (including phenoxy) is 1. The second-order valence-electron chi connectivity index (χ2n) is 12.7. The van der Waals surface area contributed by atoms with Crippen molar-refractivity contribution in [2.45, 2.75) is 77.9 Å². The number of carbonyl (C=O) groups excluding carboxylic acids is 1. The minimum Gasteiger partial charge on any atom is -0.444 e. The topological polar surface area (TPSA) is 87.2 Å². The molecule has 0 spiro atoms. The summed E-state index contributed by atoms with van der Waals surface area (Å²) in [6.45, 7) is 7.51. The molecule has 3 aromatic heterocycles. The molecule has 0 saturated carbocycles. The summed E-state index contributed by atoms with van der Waals surface area (Å²) in [6, 6.07) is 23.3. The first kappa shape index (κ1) is 30.4. The van der Waals surface area contributed by atoms with E-state index in [0.29, 0.717) is 37.2 Å². The smallest absolute Gasteiger partial charge is 0.410 e. The highest BCUT2D eigenvalue weighted by Gasteiger charge is 2.28. The Labute approximate surface area is 263 Å². The fourth-order valence-electron chi connectivity index (χ4n) is 5.94. The summed E-state index contributed by atoms with van der Waals surface area (Å²) in [6.07, 6.45) is 6.28. The van der Waals surface area contributed by atoms with E-state index >= 15 is 0 Å². The first-order valence-electron chi connectivity index (χ1n) is 15.5. The molecule has 6 rings (SSSR count). The number of halogens is 1. The first-order valence-corrected chi connectivity index (χ1v) is 15.5. The van der Waals surface area contributed by atoms with E-state index in [0.717, 1.165) is 47.6 Å². The number of imidazole rings is 1. The Kier molecular flexibility index (Phi) is 8.89. The lowest BCUT2D eigenvalue weighted by molar-refractivity contribution is 0.0214. The van der Waals surface area contributed by atoms with Crippen LogP contribution in [0.5, 0.6) is 0 Å². The molecule has 0 aliphatic heterocycles. The van der Waals surface area contributed by atoms with Crippen molar-refractivity contribution in [3.05, 3.63) is 125 Å². The van der Waals surface area contributed by atoms with Crippen molar-refractivity contribution >= 4 is 17.1 Å². The second kappa shape index (κ2) is 13.2. The van der Waals surface area contributed by atoms with E-state index in [1.54, 1.807) is 17.2 Å². The van der Waals surface area contributed by atoms with Gasteiger partial charge in [-0.3, -0.25) is 19.8 Å². The van der Waals surface area contributed by atoms with Gasteiger partial charge < -0.3 is 9.72 Å². The van der Waals surface area contributed by atoms with E-state index in [1.165, 1.54) is 11.6 Å². The SMILES string of the molecule is CC(C)(C)OC(=O)N(Cc1ccc(CN(Cc2nc3c(F)cccc3[nH]2)C2CCCc3cccnc32)cc1)Cc1ccccn1. The molecule has 1 atom stereocenters. The Morgan fingerprint density at radius 2 is 1.69 bits per heavy atom. The van der Waals surface area contributed by atoms with E-state index in [4.69, 9.17) is 9.72 Å². The van der Waals surface area contributed by atoms with Gasteiger partial charge in [-0.1, -0.05) is 42.5 Å². The van der Waals surface area contributed by atoms with Crippen LogP contribution < -0.4 is 0 Å². The Balaban J connectivity index is 1.24. The van der Waals surface area contributed by atoms with Crippen LogP contribution in [0.25, 0.3) is 11.0 Å². The van der Waals surface area contributed by atoms with E-state index in [-0.39, 0.29) is 18.0 Å². The van der Waals surface area contributed by atoms with Crippen LogP contribution >= 0.6 is 0 Å². The van der Waals surface area contributed by atoms with Crippen LogP contribution in [0.3, 0.4) is 0 Å². The third-order valence-electron chi connectivity index (χ3n) is 7.98. The number of nitrogens with one attached hydrogen (secondary N) is 1. The van der Waals surface area contributed by atoms with Crippen LogP contribution in [0.2, 0.25) is 0 Å². The molecule has 1 aliphatic carbocycles. The number of hydrogen-bond acceptors (Lipinski definition) is 6. The van der Waals surface area contributed by atoms with E-state index in [2.05, 4.69) is 50.2 Å². The number of para-hydroxylation sites is 1. The molecule has 1 N–H and O–H groups in total. The fraction of sp³-hybridized carbons (Fsp3) is 0.333. The molecule has 2 aromatic carbocycles. The number of aromatic amines is 1. The van der Waals surface area contributed by atoms with Crippen LogP contribution in [-0.2, 0) is 37.3 Å². The van der Waals surface area contributed by atoms with Crippen LogP contribution in [0.4, 0.5) is 9.18 Å². The zero-order valence-corrected chi connectivity index (χ0v) is 26.0. The molecule has 232 valence electrons. The highest BCUT2D eigenvalue weighted by Crippen LogP contribution is 2.35. The monoisotopic (exact) mass is 606 g/mol. The molecule has 45 heavy (non-hydrogen) atoms. The predicted octanol–water partition coefficient (Wildman–Crippen LogP) is 7.51.